The number of benzene rings is 1. The molecule has 23 heavy (non-hydrogen) atoms. The molecule has 1 atom stereocenters. The van der Waals surface area contributed by atoms with Crippen LogP contribution in [0.3, 0.4) is 0 Å². The third kappa shape index (κ3) is 2.25. The maximum atomic E-state index is 12.7. The van der Waals surface area contributed by atoms with Gasteiger partial charge in [0.15, 0.2) is 0 Å². The van der Waals surface area contributed by atoms with E-state index in [1.165, 1.54) is 0 Å². The molecule has 3 aliphatic rings. The van der Waals surface area contributed by atoms with Gasteiger partial charge in [0.25, 0.3) is 5.91 Å². The van der Waals surface area contributed by atoms with Gasteiger partial charge in [-0.3, -0.25) is 24.5 Å². The van der Waals surface area contributed by atoms with E-state index in [0.717, 1.165) is 16.7 Å². The third-order valence-corrected chi connectivity index (χ3v) is 4.90. The van der Waals surface area contributed by atoms with Crippen molar-refractivity contribution in [2.24, 2.45) is 0 Å². The van der Waals surface area contributed by atoms with E-state index >= 15 is 0 Å². The Morgan fingerprint density at radius 1 is 0.957 bits per heavy atom. The third-order valence-electron chi connectivity index (χ3n) is 4.90. The van der Waals surface area contributed by atoms with Crippen molar-refractivity contribution < 1.29 is 19.2 Å². The highest BCUT2D eigenvalue weighted by atomic mass is 16.2. The van der Waals surface area contributed by atoms with Crippen LogP contribution in [0.1, 0.15) is 46.3 Å². The first-order valence-corrected chi connectivity index (χ1v) is 7.84. The summed E-state index contributed by atoms with van der Waals surface area (Å²) in [6.45, 7) is 0.363. The Kier molecular flexibility index (Phi) is 3.07. The Morgan fingerprint density at radius 3 is 2.57 bits per heavy atom. The summed E-state index contributed by atoms with van der Waals surface area (Å²) >= 11 is 0. The standard InChI is InChI=1S/C17H16N2O4/c20-12-2-1-9-7-13-11(5-10(9)6-12)8-19(17(13)23)14-3-4-15(21)18-16(14)22/h5,7,14H,1-4,6,8H2,(H,18,21,22)/t14-/m0/s1. The van der Waals surface area contributed by atoms with Gasteiger partial charge in [0.1, 0.15) is 11.8 Å². The van der Waals surface area contributed by atoms with Gasteiger partial charge in [-0.05, 0) is 35.6 Å². The summed E-state index contributed by atoms with van der Waals surface area (Å²) in [6, 6.07) is 3.22. The van der Waals surface area contributed by atoms with Gasteiger partial charge in [-0.25, -0.2) is 0 Å². The van der Waals surface area contributed by atoms with Gasteiger partial charge in [0.2, 0.25) is 11.8 Å². The lowest BCUT2D eigenvalue weighted by molar-refractivity contribution is -0.137. The molecule has 4 rings (SSSR count). The topological polar surface area (TPSA) is 83.6 Å². The van der Waals surface area contributed by atoms with E-state index in [0.29, 0.717) is 37.8 Å². The van der Waals surface area contributed by atoms with Crippen LogP contribution < -0.4 is 5.32 Å². The predicted molar refractivity (Wildman–Crippen MR) is 79.5 cm³/mol. The molecule has 6 nitrogen and oxygen atoms in total. The van der Waals surface area contributed by atoms with Crippen molar-refractivity contribution in [2.45, 2.75) is 44.7 Å². The van der Waals surface area contributed by atoms with Crippen LogP contribution in [0.25, 0.3) is 0 Å². The number of hydrogen-bond acceptors (Lipinski definition) is 4. The Morgan fingerprint density at radius 2 is 1.78 bits per heavy atom. The van der Waals surface area contributed by atoms with E-state index in [1.54, 1.807) is 4.90 Å². The van der Waals surface area contributed by atoms with Gasteiger partial charge >= 0.3 is 0 Å². The molecule has 3 amide bonds. The largest absolute Gasteiger partial charge is 0.322 e. The number of carbonyl (C=O) groups is 4. The molecule has 2 heterocycles. The predicted octanol–water partition coefficient (Wildman–Crippen LogP) is 0.505. The Bertz CT molecular complexity index is 768. The van der Waals surface area contributed by atoms with E-state index in [1.807, 2.05) is 12.1 Å². The van der Waals surface area contributed by atoms with Crippen molar-refractivity contribution in [3.63, 3.8) is 0 Å². The van der Waals surface area contributed by atoms with E-state index in [4.69, 9.17) is 0 Å². The van der Waals surface area contributed by atoms with Crippen molar-refractivity contribution in [2.75, 3.05) is 0 Å². The average molecular weight is 312 g/mol. The first kappa shape index (κ1) is 14.1. The average Bonchev–Trinajstić information content (AvgIpc) is 2.81. The maximum Gasteiger partial charge on any atom is 0.255 e. The summed E-state index contributed by atoms with van der Waals surface area (Å²) in [5, 5.41) is 2.30. The number of ketones is 1. The summed E-state index contributed by atoms with van der Waals surface area (Å²) < 4.78 is 0. The lowest BCUT2D eigenvalue weighted by Crippen LogP contribution is -2.52. The summed E-state index contributed by atoms with van der Waals surface area (Å²) in [7, 11) is 0. The van der Waals surface area contributed by atoms with Crippen molar-refractivity contribution in [3.8, 4) is 0 Å². The number of piperidine rings is 1. The first-order valence-electron chi connectivity index (χ1n) is 7.84. The number of aryl methyl sites for hydroxylation is 1. The van der Waals surface area contributed by atoms with Crippen LogP contribution in [0.4, 0.5) is 0 Å². The second-order valence-electron chi connectivity index (χ2n) is 6.39. The Labute approximate surface area is 132 Å². The van der Waals surface area contributed by atoms with Crippen LogP contribution in [-0.4, -0.2) is 34.4 Å². The molecule has 0 aromatic heterocycles. The summed E-state index contributed by atoms with van der Waals surface area (Å²) in [5.74, 6) is -0.621. The highest BCUT2D eigenvalue weighted by Gasteiger charge is 2.39. The van der Waals surface area contributed by atoms with Gasteiger partial charge in [-0.1, -0.05) is 6.07 Å². The van der Waals surface area contributed by atoms with Crippen molar-refractivity contribution >= 4 is 23.5 Å². The minimum absolute atomic E-state index is 0.158. The van der Waals surface area contributed by atoms with Gasteiger partial charge in [-0.2, -0.15) is 0 Å². The smallest absolute Gasteiger partial charge is 0.255 e. The van der Waals surface area contributed by atoms with Crippen LogP contribution in [0, 0.1) is 0 Å². The van der Waals surface area contributed by atoms with Gasteiger partial charge in [-0.15, -0.1) is 0 Å². The van der Waals surface area contributed by atoms with Gasteiger partial charge in [0, 0.05) is 31.4 Å². The summed E-state index contributed by atoms with van der Waals surface area (Å²) in [6.07, 6.45) is 2.24. The molecule has 0 spiro atoms. The van der Waals surface area contributed by atoms with Crippen molar-refractivity contribution in [1.29, 1.82) is 0 Å². The molecule has 1 aromatic carbocycles. The van der Waals surface area contributed by atoms with E-state index < -0.39 is 11.9 Å². The molecule has 0 saturated carbocycles. The lowest BCUT2D eigenvalue weighted by atomic mass is 9.88. The normalized spacial score (nSPS) is 23.7. The van der Waals surface area contributed by atoms with Crippen molar-refractivity contribution in [1.82, 2.24) is 10.2 Å². The number of nitrogens with zero attached hydrogens (tertiary/aromatic N) is 1. The van der Waals surface area contributed by atoms with Crippen LogP contribution in [0.2, 0.25) is 0 Å². The summed E-state index contributed by atoms with van der Waals surface area (Å²) in [4.78, 5) is 49.1. The maximum absolute atomic E-state index is 12.7. The van der Waals surface area contributed by atoms with Gasteiger partial charge < -0.3 is 4.90 Å². The number of nitrogens with one attached hydrogen (secondary N) is 1. The zero-order chi connectivity index (χ0) is 16.1. The number of amides is 3. The molecule has 0 radical (unpaired) electrons. The van der Waals surface area contributed by atoms with Crippen LogP contribution in [0.5, 0.6) is 0 Å². The van der Waals surface area contributed by atoms with Crippen LogP contribution in [-0.2, 0) is 33.8 Å². The molecule has 1 aliphatic carbocycles. The molecule has 2 aliphatic heterocycles. The first-order chi connectivity index (χ1) is 11.0. The SMILES string of the molecule is O=C1CCc2cc3c(cc2C1)CN([C@H]1CCC(=O)NC1=O)C3=O. The quantitative estimate of drug-likeness (QED) is 0.766. The number of rotatable bonds is 1. The molecule has 1 fully saturated rings. The van der Waals surface area contributed by atoms with E-state index in [9.17, 15) is 19.2 Å². The number of imide groups is 1. The van der Waals surface area contributed by atoms with E-state index in [2.05, 4.69) is 5.32 Å². The molecule has 1 N–H and O–H groups in total. The molecular weight excluding hydrogens is 296 g/mol. The zero-order valence-corrected chi connectivity index (χ0v) is 12.6. The number of hydrogen-bond donors (Lipinski definition) is 1. The van der Waals surface area contributed by atoms with Crippen LogP contribution in [0.15, 0.2) is 12.1 Å². The highest BCUT2D eigenvalue weighted by Crippen LogP contribution is 2.31. The lowest BCUT2D eigenvalue weighted by Gasteiger charge is -2.29. The Hall–Kier alpha value is -2.50. The monoisotopic (exact) mass is 312 g/mol. The number of carbonyl (C=O) groups excluding carboxylic acids is 4. The minimum atomic E-state index is -0.591. The fourth-order valence-electron chi connectivity index (χ4n) is 3.68. The second-order valence-corrected chi connectivity index (χ2v) is 6.39. The highest BCUT2D eigenvalue weighted by molar-refractivity contribution is 6.05. The molecular formula is C17H16N2O4. The molecule has 0 bridgehead atoms. The molecule has 6 heteroatoms. The zero-order valence-electron chi connectivity index (χ0n) is 12.6. The van der Waals surface area contributed by atoms with Crippen LogP contribution >= 0.6 is 0 Å². The molecule has 118 valence electrons. The van der Waals surface area contributed by atoms with E-state index in [-0.39, 0.29) is 24.0 Å². The van der Waals surface area contributed by atoms with Gasteiger partial charge in [0.05, 0.1) is 0 Å². The minimum Gasteiger partial charge on any atom is -0.322 e. The molecule has 1 aromatic rings. The number of Topliss-reactive ketones (excluding diaryl/α,β-unsaturated/α-hetero) is 1. The fourth-order valence-corrected chi connectivity index (χ4v) is 3.68. The summed E-state index contributed by atoms with van der Waals surface area (Å²) in [5.41, 5.74) is 3.55. The van der Waals surface area contributed by atoms with Crippen molar-refractivity contribution in [3.05, 3.63) is 34.4 Å². The molecule has 0 unspecified atom stereocenters. The molecule has 1 saturated heterocycles. The Balaban J connectivity index is 1.64. The fraction of sp³-hybridized carbons (Fsp3) is 0.412. The number of fused-ring (bicyclic) bond motifs is 2. The second kappa shape index (κ2) is 5.01.